The monoisotopic (exact) mass is 1500 g/mol. The second kappa shape index (κ2) is 29.4. The average Bonchev–Trinajstić information content (AvgIpc) is 1.53. The molecule has 0 spiro atoms. The molecule has 4 heteroatoms. The van der Waals surface area contributed by atoms with Crippen molar-refractivity contribution >= 4 is 142 Å². The summed E-state index contributed by atoms with van der Waals surface area (Å²) in [6, 6.07) is 167. The zero-order chi connectivity index (χ0) is 78.0. The third-order valence-electron chi connectivity index (χ3n) is 23.9. The van der Waals surface area contributed by atoms with E-state index in [0.717, 1.165) is 45.5 Å². The molecule has 0 N–H and O–H groups in total. The third-order valence-corrected chi connectivity index (χ3v) is 23.9. The highest BCUT2D eigenvalue weighted by Gasteiger charge is 2.25. The lowest BCUT2D eigenvalue weighted by molar-refractivity contribution is 1.18. The Morgan fingerprint density at radius 2 is 0.364 bits per heavy atom. The number of aromatic nitrogens is 2. The van der Waals surface area contributed by atoms with E-state index >= 15 is 0 Å². The van der Waals surface area contributed by atoms with Crippen LogP contribution >= 0.6 is 0 Å². The summed E-state index contributed by atoms with van der Waals surface area (Å²) in [7, 11) is 0. The van der Waals surface area contributed by atoms with Crippen LogP contribution in [-0.2, 0) is 0 Å². The lowest BCUT2D eigenvalue weighted by Gasteiger charge is -2.26. The molecule has 0 unspecified atom stereocenters. The quantitative estimate of drug-likeness (QED) is 0.107. The van der Waals surface area contributed by atoms with Gasteiger partial charge in [-0.1, -0.05) is 352 Å². The van der Waals surface area contributed by atoms with Crippen LogP contribution in [0, 0.1) is 0 Å². The minimum absolute atomic E-state index is 1.09. The summed E-state index contributed by atoms with van der Waals surface area (Å²) in [6.07, 6.45) is 0. The van der Waals surface area contributed by atoms with E-state index in [1.54, 1.807) is 0 Å². The molecule has 0 saturated heterocycles. The Morgan fingerprint density at radius 3 is 0.686 bits per heavy atom. The summed E-state index contributed by atoms with van der Waals surface area (Å²) < 4.78 is 4.96. The zero-order valence-electron chi connectivity index (χ0n) is 64.7. The van der Waals surface area contributed by atoms with Crippen LogP contribution in [0.3, 0.4) is 0 Å². The summed E-state index contributed by atoms with van der Waals surface area (Å²) >= 11 is 0. The molecule has 552 valence electrons. The van der Waals surface area contributed by atoms with Gasteiger partial charge in [-0.2, -0.15) is 0 Å². The molecule has 2 heterocycles. The molecule has 0 bridgehead atoms. The molecule has 2 aromatic heterocycles. The predicted molar refractivity (Wildman–Crippen MR) is 503 cm³/mol. The van der Waals surface area contributed by atoms with E-state index in [0.29, 0.717) is 0 Å². The summed E-state index contributed by atoms with van der Waals surface area (Å²) in [5.74, 6) is 0. The van der Waals surface area contributed by atoms with Gasteiger partial charge in [0, 0.05) is 88.6 Å². The maximum atomic E-state index is 2.48. The Kier molecular flexibility index (Phi) is 17.2. The normalized spacial score (nSPS) is 11.6. The highest BCUT2D eigenvalue weighted by molar-refractivity contribution is 6.38. The molecule has 0 atom stereocenters. The average molecular weight is 1500 g/mol. The molecular formula is C114H76N4. The van der Waals surface area contributed by atoms with E-state index in [1.807, 2.05) is 0 Å². The zero-order valence-corrected chi connectivity index (χ0v) is 64.7. The van der Waals surface area contributed by atoms with Gasteiger partial charge in [-0.15, -0.1) is 0 Å². The largest absolute Gasteiger partial charge is 0.311 e. The van der Waals surface area contributed by atoms with E-state index in [-0.39, 0.29) is 0 Å². The van der Waals surface area contributed by atoms with Crippen molar-refractivity contribution < 1.29 is 0 Å². The Labute approximate surface area is 684 Å². The first-order valence-electron chi connectivity index (χ1n) is 40.6. The van der Waals surface area contributed by atoms with Gasteiger partial charge in [0.25, 0.3) is 0 Å². The van der Waals surface area contributed by atoms with Crippen LogP contribution < -0.4 is 9.80 Å². The highest BCUT2D eigenvalue weighted by atomic mass is 15.1. The molecule has 21 aromatic carbocycles. The second-order valence-corrected chi connectivity index (χ2v) is 30.6. The number of fused-ring (bicyclic) bond motifs is 20. The van der Waals surface area contributed by atoms with Gasteiger partial charge in [0.1, 0.15) is 0 Å². The molecule has 118 heavy (non-hydrogen) atoms. The van der Waals surface area contributed by atoms with Crippen molar-refractivity contribution in [2.45, 2.75) is 0 Å². The van der Waals surface area contributed by atoms with E-state index in [9.17, 15) is 0 Å². The summed E-state index contributed by atoms with van der Waals surface area (Å²) in [6.45, 7) is 0. The lowest BCUT2D eigenvalue weighted by atomic mass is 9.93. The van der Waals surface area contributed by atoms with Crippen LogP contribution in [0.25, 0.3) is 175 Å². The smallest absolute Gasteiger partial charge is 0.0626 e. The van der Waals surface area contributed by atoms with Crippen LogP contribution in [0.4, 0.5) is 34.1 Å². The second-order valence-electron chi connectivity index (χ2n) is 30.6. The standard InChI is InChI=1S/C60H40N2.C54H36N2/c1-3-13-41(14-4-1)43-23-25-44(26-24-43)46-29-34-49(35-30-46)61(48-32-27-45(28-33-48)42-15-5-2-6-16-42)50-36-38-51(39-37-50)62-57-22-12-11-21-56(57)59-58-52-18-8-7-17-47(52)31-40-54(58)53-19-9-10-20-55(53)60(59)62;1-3-13-37(14-4-1)38-23-25-39(26-24-38)40-27-30-43(31-28-40)55(42-16-5-2-6-17-42)44-32-34-45(35-33-44)56-51-22-12-11-21-50(51)53-52-46-18-8-7-15-41(46)29-36-48(52)47-19-9-10-20-49(47)54(53)56/h1-40H;1-36H. The maximum absolute atomic E-state index is 2.48. The molecule has 0 radical (unpaired) electrons. The molecule has 0 aliphatic carbocycles. The van der Waals surface area contributed by atoms with Crippen molar-refractivity contribution in [3.8, 4) is 67.0 Å². The van der Waals surface area contributed by atoms with Crippen molar-refractivity contribution in [2.24, 2.45) is 0 Å². The molecule has 0 aliphatic rings. The van der Waals surface area contributed by atoms with Gasteiger partial charge < -0.3 is 18.9 Å². The Balaban J connectivity index is 0.000000143. The fourth-order valence-electron chi connectivity index (χ4n) is 18.4. The van der Waals surface area contributed by atoms with Gasteiger partial charge in [-0.3, -0.25) is 0 Å². The number of benzene rings is 21. The molecule has 23 rings (SSSR count). The van der Waals surface area contributed by atoms with Crippen LogP contribution in [0.1, 0.15) is 0 Å². The predicted octanol–water partition coefficient (Wildman–Crippen LogP) is 31.8. The summed E-state index contributed by atoms with van der Waals surface area (Å²) in [5.41, 5.74) is 25.8. The van der Waals surface area contributed by atoms with E-state index in [4.69, 9.17) is 0 Å². The first-order valence-corrected chi connectivity index (χ1v) is 40.6. The van der Waals surface area contributed by atoms with Crippen molar-refractivity contribution in [1.29, 1.82) is 0 Å². The van der Waals surface area contributed by atoms with Crippen molar-refractivity contribution in [3.63, 3.8) is 0 Å². The molecular weight excluding hydrogens is 1430 g/mol. The number of rotatable bonds is 13. The molecule has 0 aliphatic heterocycles. The van der Waals surface area contributed by atoms with E-state index < -0.39 is 0 Å². The number of hydrogen-bond acceptors (Lipinski definition) is 2. The molecule has 23 aromatic rings. The van der Waals surface area contributed by atoms with Gasteiger partial charge in [-0.05, 0) is 208 Å². The van der Waals surface area contributed by atoms with E-state index in [1.165, 1.54) is 164 Å². The topological polar surface area (TPSA) is 16.3 Å². The minimum Gasteiger partial charge on any atom is -0.311 e. The van der Waals surface area contributed by atoms with Gasteiger partial charge in [0.05, 0.1) is 22.1 Å². The minimum atomic E-state index is 1.09. The SMILES string of the molecule is c1ccc(-c2ccc(-c3ccc(N(c4ccc(-c5ccccc5)cc4)c4ccc(-n5c6ccccc6c6c7c8ccccc8ccc7c7ccccc7c65)cc4)cc3)cc2)cc1.c1ccc(-c2ccc(-c3ccc(N(c4ccccc4)c4ccc(-n5c6ccccc6c6c7c8ccccc8ccc7c7ccccc7c65)cc4)cc3)cc2)cc1. The Bertz CT molecular complexity index is 7690. The lowest BCUT2D eigenvalue weighted by Crippen LogP contribution is -2.10. The van der Waals surface area contributed by atoms with Crippen LogP contribution in [-0.4, -0.2) is 9.13 Å². The van der Waals surface area contributed by atoms with E-state index in [2.05, 4.69) is 480 Å². The summed E-state index contributed by atoms with van der Waals surface area (Å²) in [4.78, 5) is 4.70. The van der Waals surface area contributed by atoms with Crippen molar-refractivity contribution in [3.05, 3.63) is 461 Å². The number of hydrogen-bond donors (Lipinski definition) is 0. The van der Waals surface area contributed by atoms with Gasteiger partial charge in [0.15, 0.2) is 0 Å². The van der Waals surface area contributed by atoms with Gasteiger partial charge >= 0.3 is 0 Å². The number of para-hydroxylation sites is 3. The van der Waals surface area contributed by atoms with Gasteiger partial charge in [-0.25, -0.2) is 0 Å². The maximum Gasteiger partial charge on any atom is 0.0626 e. The Hall–Kier alpha value is -15.6. The molecule has 4 nitrogen and oxygen atoms in total. The summed E-state index contributed by atoms with van der Waals surface area (Å²) in [5, 5.41) is 20.4. The molecule has 0 amide bonds. The molecule has 0 saturated carbocycles. The Morgan fingerprint density at radius 1 is 0.136 bits per heavy atom. The van der Waals surface area contributed by atoms with Crippen molar-refractivity contribution in [1.82, 2.24) is 9.13 Å². The fourth-order valence-corrected chi connectivity index (χ4v) is 18.4. The number of anilines is 6. The van der Waals surface area contributed by atoms with Gasteiger partial charge in [0.2, 0.25) is 0 Å². The van der Waals surface area contributed by atoms with Crippen LogP contribution in [0.2, 0.25) is 0 Å². The van der Waals surface area contributed by atoms with Crippen LogP contribution in [0.5, 0.6) is 0 Å². The third kappa shape index (κ3) is 12.1. The molecule has 0 fully saturated rings. The van der Waals surface area contributed by atoms with Crippen LogP contribution in [0.15, 0.2) is 461 Å². The fraction of sp³-hybridized carbons (Fsp3) is 0. The number of nitrogens with zero attached hydrogens (tertiary/aromatic N) is 4. The van der Waals surface area contributed by atoms with Crippen molar-refractivity contribution in [2.75, 3.05) is 9.80 Å². The first kappa shape index (κ1) is 69.1. The highest BCUT2D eigenvalue weighted by Crippen LogP contribution is 2.49. The first-order chi connectivity index (χ1) is 58.6.